The summed E-state index contributed by atoms with van der Waals surface area (Å²) in [5, 5.41) is 7.85. The maximum atomic E-state index is 10.2. The smallest absolute Gasteiger partial charge is 0.249 e. The normalized spacial score (nSPS) is 13.4. The third kappa shape index (κ3) is 2.02. The van der Waals surface area contributed by atoms with Crippen molar-refractivity contribution in [2.24, 2.45) is 0 Å². The number of hydrogen-bond acceptors (Lipinski definition) is 4. The van der Waals surface area contributed by atoms with Gasteiger partial charge in [-0.25, -0.2) is 5.26 Å². The fourth-order valence-corrected chi connectivity index (χ4v) is 0.283. The zero-order chi connectivity index (χ0) is 6.57. The van der Waals surface area contributed by atoms with E-state index in [4.69, 9.17) is 5.26 Å². The minimum absolute atomic E-state index is 0.366. The van der Waals surface area contributed by atoms with E-state index in [1.165, 1.54) is 14.0 Å². The zero-order valence-electron chi connectivity index (χ0n) is 4.75. The Kier molecular flexibility index (Phi) is 3.34. The van der Waals surface area contributed by atoms with Crippen molar-refractivity contribution in [1.82, 2.24) is 0 Å². The summed E-state index contributed by atoms with van der Waals surface area (Å²) in [6.45, 7) is 1.25. The van der Waals surface area contributed by atoms with Crippen molar-refractivity contribution in [2.45, 2.75) is 13.2 Å². The Morgan fingerprint density at radius 2 is 2.25 bits per heavy atom. The van der Waals surface area contributed by atoms with Crippen molar-refractivity contribution in [2.75, 3.05) is 7.11 Å². The van der Waals surface area contributed by atoms with Crippen molar-refractivity contribution in [3.05, 3.63) is 0 Å². The summed E-state index contributed by atoms with van der Waals surface area (Å²) in [6.07, 6.45) is -1.13. The Hall–Kier alpha value is -0.450. The highest BCUT2D eigenvalue weighted by Gasteiger charge is 2.11. The predicted molar refractivity (Wildman–Crippen MR) is 25.2 cm³/mol. The van der Waals surface area contributed by atoms with Crippen LogP contribution in [0.2, 0.25) is 0 Å². The molecule has 1 unspecified atom stereocenters. The summed E-state index contributed by atoms with van der Waals surface area (Å²) >= 11 is 0. The number of carbonyl (C=O) groups is 1. The molecule has 1 N–H and O–H groups in total. The van der Waals surface area contributed by atoms with Gasteiger partial charge in [0.1, 0.15) is 0 Å². The van der Waals surface area contributed by atoms with Crippen LogP contribution in [0.3, 0.4) is 0 Å². The standard InChI is InChI=1S/C4H8O4/c1-3(5)4(7-2)8-6/h4,6H,1-2H3. The molecule has 0 aliphatic carbocycles. The second-order valence-electron chi connectivity index (χ2n) is 1.28. The topological polar surface area (TPSA) is 55.8 Å². The van der Waals surface area contributed by atoms with Gasteiger partial charge in [0.25, 0.3) is 0 Å². The summed E-state index contributed by atoms with van der Waals surface area (Å²) in [6, 6.07) is 0. The van der Waals surface area contributed by atoms with E-state index >= 15 is 0 Å². The molecule has 0 saturated carbocycles. The largest absolute Gasteiger partial charge is 0.347 e. The minimum atomic E-state index is -1.13. The first-order valence-corrected chi connectivity index (χ1v) is 2.06. The maximum Gasteiger partial charge on any atom is 0.249 e. The van der Waals surface area contributed by atoms with Crippen LogP contribution in [0.1, 0.15) is 6.92 Å². The van der Waals surface area contributed by atoms with Gasteiger partial charge in [-0.2, -0.15) is 4.89 Å². The van der Waals surface area contributed by atoms with E-state index in [2.05, 4.69) is 9.62 Å². The van der Waals surface area contributed by atoms with Crippen molar-refractivity contribution in [3.8, 4) is 0 Å². The first-order chi connectivity index (χ1) is 3.72. The molecule has 1 atom stereocenters. The molecule has 4 nitrogen and oxygen atoms in total. The molecule has 48 valence electrons. The second-order valence-corrected chi connectivity index (χ2v) is 1.28. The van der Waals surface area contributed by atoms with Crippen LogP contribution in [0.25, 0.3) is 0 Å². The Labute approximate surface area is 46.9 Å². The molecular weight excluding hydrogens is 112 g/mol. The highest BCUT2D eigenvalue weighted by atomic mass is 17.1. The number of hydrogen-bond donors (Lipinski definition) is 1. The third-order valence-electron chi connectivity index (χ3n) is 0.642. The van der Waals surface area contributed by atoms with Gasteiger partial charge in [0, 0.05) is 7.11 Å². The lowest BCUT2D eigenvalue weighted by atomic mass is 10.4. The van der Waals surface area contributed by atoms with Crippen molar-refractivity contribution in [1.29, 1.82) is 0 Å². The van der Waals surface area contributed by atoms with Gasteiger partial charge in [-0.05, 0) is 6.92 Å². The number of methoxy groups -OCH3 is 1. The van der Waals surface area contributed by atoms with Gasteiger partial charge < -0.3 is 4.74 Å². The number of carbonyl (C=O) groups excluding carboxylic acids is 1. The van der Waals surface area contributed by atoms with Gasteiger partial charge >= 0.3 is 0 Å². The van der Waals surface area contributed by atoms with Crippen LogP contribution in [0.4, 0.5) is 0 Å². The van der Waals surface area contributed by atoms with Gasteiger partial charge in [-0.15, -0.1) is 0 Å². The lowest BCUT2D eigenvalue weighted by Gasteiger charge is -2.04. The molecule has 0 spiro atoms. The molecular formula is C4H8O4. The Morgan fingerprint density at radius 3 is 2.25 bits per heavy atom. The molecule has 0 aromatic rings. The van der Waals surface area contributed by atoms with E-state index in [1.807, 2.05) is 0 Å². The molecule has 0 aromatic heterocycles. The van der Waals surface area contributed by atoms with Gasteiger partial charge in [-0.3, -0.25) is 4.79 Å². The van der Waals surface area contributed by atoms with Gasteiger partial charge in [0.2, 0.25) is 6.29 Å². The van der Waals surface area contributed by atoms with Crippen molar-refractivity contribution < 1.29 is 19.7 Å². The van der Waals surface area contributed by atoms with E-state index in [-0.39, 0.29) is 5.78 Å². The molecule has 0 rings (SSSR count). The predicted octanol–water partition coefficient (Wildman–Crippen LogP) is 0.0375. The van der Waals surface area contributed by atoms with Crippen LogP contribution in [-0.2, 0) is 14.4 Å². The van der Waals surface area contributed by atoms with Gasteiger partial charge in [0.15, 0.2) is 5.78 Å². The monoisotopic (exact) mass is 120 g/mol. The fourth-order valence-electron chi connectivity index (χ4n) is 0.283. The van der Waals surface area contributed by atoms with Crippen LogP contribution in [0.15, 0.2) is 0 Å². The van der Waals surface area contributed by atoms with Crippen LogP contribution >= 0.6 is 0 Å². The Balaban J connectivity index is 3.52. The van der Waals surface area contributed by atoms with E-state index in [0.29, 0.717) is 0 Å². The summed E-state index contributed by atoms with van der Waals surface area (Å²) in [5.74, 6) is -0.366. The molecule has 0 saturated heterocycles. The van der Waals surface area contributed by atoms with E-state index in [0.717, 1.165) is 0 Å². The van der Waals surface area contributed by atoms with Crippen LogP contribution in [-0.4, -0.2) is 24.4 Å². The maximum absolute atomic E-state index is 10.2. The van der Waals surface area contributed by atoms with Crippen molar-refractivity contribution in [3.63, 3.8) is 0 Å². The molecule has 0 aromatic carbocycles. The quantitative estimate of drug-likeness (QED) is 0.324. The van der Waals surface area contributed by atoms with E-state index in [9.17, 15) is 4.79 Å². The second kappa shape index (κ2) is 3.54. The number of Topliss-reactive ketones (excluding diaryl/α,β-unsaturated/α-hetero) is 1. The van der Waals surface area contributed by atoms with Gasteiger partial charge in [0.05, 0.1) is 0 Å². The third-order valence-corrected chi connectivity index (χ3v) is 0.642. The summed E-state index contributed by atoms with van der Waals surface area (Å²) in [5.41, 5.74) is 0. The first kappa shape index (κ1) is 7.55. The fraction of sp³-hybridized carbons (Fsp3) is 0.750. The summed E-state index contributed by atoms with van der Waals surface area (Å²) in [4.78, 5) is 13.8. The van der Waals surface area contributed by atoms with Crippen LogP contribution < -0.4 is 0 Å². The average molecular weight is 120 g/mol. The molecule has 0 amide bonds. The first-order valence-electron chi connectivity index (χ1n) is 2.06. The van der Waals surface area contributed by atoms with E-state index in [1.54, 1.807) is 0 Å². The van der Waals surface area contributed by atoms with Crippen LogP contribution in [0.5, 0.6) is 0 Å². The number of ketones is 1. The molecule has 0 bridgehead atoms. The Morgan fingerprint density at radius 1 is 1.75 bits per heavy atom. The Bertz CT molecular complexity index is 76.1. The van der Waals surface area contributed by atoms with Crippen molar-refractivity contribution >= 4 is 5.78 Å². The van der Waals surface area contributed by atoms with Crippen LogP contribution in [0, 0.1) is 0 Å². The molecule has 0 aliphatic heterocycles. The SMILES string of the molecule is COC(OO)C(C)=O. The minimum Gasteiger partial charge on any atom is -0.347 e. The molecule has 4 heteroatoms. The molecule has 0 fully saturated rings. The highest BCUT2D eigenvalue weighted by Crippen LogP contribution is 1.89. The number of rotatable bonds is 3. The molecule has 0 aliphatic rings. The lowest BCUT2D eigenvalue weighted by molar-refractivity contribution is -0.326. The average Bonchev–Trinajstić information content (AvgIpc) is 1.69. The zero-order valence-corrected chi connectivity index (χ0v) is 4.75. The highest BCUT2D eigenvalue weighted by molar-refractivity contribution is 5.78. The molecule has 8 heavy (non-hydrogen) atoms. The summed E-state index contributed by atoms with van der Waals surface area (Å²) in [7, 11) is 1.27. The summed E-state index contributed by atoms with van der Waals surface area (Å²) < 4.78 is 4.34. The molecule has 0 radical (unpaired) electrons. The van der Waals surface area contributed by atoms with Gasteiger partial charge in [-0.1, -0.05) is 0 Å². The molecule has 0 heterocycles. The lowest BCUT2D eigenvalue weighted by Crippen LogP contribution is -2.21. The number of ether oxygens (including phenoxy) is 1. The van der Waals surface area contributed by atoms with E-state index < -0.39 is 6.29 Å².